The Morgan fingerprint density at radius 3 is 2.55 bits per heavy atom. The topological polar surface area (TPSA) is 102 Å². The molecule has 9 heteroatoms. The molecule has 1 aromatic carbocycles. The number of amides is 2. The standard InChI is InChI=1S/C24H29ClFN5O2/c1-31-22(27)20(24(33)29-17-4-5-19(26)18(25)10-17)21(30-31)16-8-14-6-12(7-15(14)9-16)11-28-23(32)13-2-3-13/h4-5,10,12-16H,2-3,6-9,11,27H2,1H3,(H,28,32)(H,29,33). The van der Waals surface area contributed by atoms with Crippen LogP contribution in [0.15, 0.2) is 18.2 Å². The lowest BCUT2D eigenvalue weighted by molar-refractivity contribution is -0.122. The van der Waals surface area contributed by atoms with E-state index in [0.29, 0.717) is 34.8 Å². The molecule has 0 aliphatic heterocycles. The monoisotopic (exact) mass is 473 g/mol. The smallest absolute Gasteiger partial charge is 0.261 e. The van der Waals surface area contributed by atoms with Crippen LogP contribution in [-0.2, 0) is 11.8 Å². The third kappa shape index (κ3) is 4.45. The molecule has 33 heavy (non-hydrogen) atoms. The first-order chi connectivity index (χ1) is 15.8. The molecule has 7 nitrogen and oxygen atoms in total. The molecule has 3 aliphatic carbocycles. The van der Waals surface area contributed by atoms with Crippen LogP contribution in [0.25, 0.3) is 0 Å². The minimum atomic E-state index is -0.542. The lowest BCUT2D eigenvalue weighted by Gasteiger charge is -2.15. The molecular formula is C24H29ClFN5O2. The van der Waals surface area contributed by atoms with Crippen LogP contribution in [0.2, 0.25) is 5.02 Å². The molecule has 0 spiro atoms. The van der Waals surface area contributed by atoms with Crippen LogP contribution in [0.1, 0.15) is 60.5 Å². The van der Waals surface area contributed by atoms with E-state index in [4.69, 9.17) is 17.3 Å². The van der Waals surface area contributed by atoms with E-state index in [-0.39, 0.29) is 28.7 Å². The Hall–Kier alpha value is -2.61. The van der Waals surface area contributed by atoms with E-state index in [1.807, 2.05) is 0 Å². The predicted molar refractivity (Wildman–Crippen MR) is 124 cm³/mol. The molecule has 0 bridgehead atoms. The summed E-state index contributed by atoms with van der Waals surface area (Å²) in [5.74, 6) is 1.73. The van der Waals surface area contributed by atoms with Gasteiger partial charge in [-0.15, -0.1) is 0 Å². The summed E-state index contributed by atoms with van der Waals surface area (Å²) < 4.78 is 15.0. The van der Waals surface area contributed by atoms with Gasteiger partial charge in [0.15, 0.2) is 0 Å². The summed E-state index contributed by atoms with van der Waals surface area (Å²) in [6.07, 6.45) is 6.20. The molecular weight excluding hydrogens is 445 g/mol. The van der Waals surface area contributed by atoms with E-state index in [1.54, 1.807) is 11.7 Å². The van der Waals surface area contributed by atoms with Gasteiger partial charge in [-0.1, -0.05) is 11.6 Å². The van der Waals surface area contributed by atoms with Crippen LogP contribution in [0, 0.1) is 29.5 Å². The Labute approximate surface area is 197 Å². The number of aromatic nitrogens is 2. The van der Waals surface area contributed by atoms with E-state index in [0.717, 1.165) is 50.8 Å². The molecule has 4 N–H and O–H groups in total. The third-order valence-electron chi connectivity index (χ3n) is 7.54. The minimum absolute atomic E-state index is 0.0568. The zero-order valence-electron chi connectivity index (χ0n) is 18.6. The fraction of sp³-hybridized carbons (Fsp3) is 0.542. The Morgan fingerprint density at radius 1 is 1.21 bits per heavy atom. The van der Waals surface area contributed by atoms with Crippen molar-refractivity contribution in [3.8, 4) is 0 Å². The molecule has 176 valence electrons. The highest BCUT2D eigenvalue weighted by Gasteiger charge is 2.44. The number of anilines is 2. The fourth-order valence-corrected chi connectivity index (χ4v) is 5.89. The van der Waals surface area contributed by atoms with Gasteiger partial charge in [-0.25, -0.2) is 4.39 Å². The van der Waals surface area contributed by atoms with Gasteiger partial charge in [-0.2, -0.15) is 5.10 Å². The van der Waals surface area contributed by atoms with Gasteiger partial charge >= 0.3 is 0 Å². The van der Waals surface area contributed by atoms with Crippen LogP contribution in [0.5, 0.6) is 0 Å². The average Bonchev–Trinajstić information content (AvgIpc) is 3.35. The number of hydrogen-bond acceptors (Lipinski definition) is 4. The number of rotatable bonds is 6. The van der Waals surface area contributed by atoms with E-state index in [2.05, 4.69) is 15.7 Å². The van der Waals surface area contributed by atoms with Crippen molar-refractivity contribution in [2.24, 2.45) is 30.7 Å². The van der Waals surface area contributed by atoms with Gasteiger partial charge in [0.05, 0.1) is 10.7 Å². The van der Waals surface area contributed by atoms with Gasteiger partial charge in [-0.3, -0.25) is 14.3 Å². The highest BCUT2D eigenvalue weighted by molar-refractivity contribution is 6.31. The molecule has 0 radical (unpaired) electrons. The van der Waals surface area contributed by atoms with Crippen molar-refractivity contribution >= 4 is 34.9 Å². The van der Waals surface area contributed by atoms with Crippen molar-refractivity contribution in [2.75, 3.05) is 17.6 Å². The summed E-state index contributed by atoms with van der Waals surface area (Å²) >= 11 is 5.85. The van der Waals surface area contributed by atoms with E-state index < -0.39 is 5.82 Å². The third-order valence-corrected chi connectivity index (χ3v) is 7.83. The average molecular weight is 474 g/mol. The molecule has 3 fully saturated rings. The molecule has 1 aromatic heterocycles. The maximum atomic E-state index is 13.5. The number of nitrogens with zero attached hydrogens (tertiary/aromatic N) is 2. The van der Waals surface area contributed by atoms with E-state index in [1.165, 1.54) is 18.2 Å². The highest BCUT2D eigenvalue weighted by Crippen LogP contribution is 2.53. The Morgan fingerprint density at radius 2 is 1.91 bits per heavy atom. The molecule has 2 atom stereocenters. The van der Waals surface area contributed by atoms with Gasteiger partial charge in [0, 0.05) is 31.1 Å². The Bertz CT molecular complexity index is 1080. The molecule has 3 aliphatic rings. The Kier molecular flexibility index (Phi) is 5.80. The molecule has 5 rings (SSSR count). The molecule has 2 unspecified atom stereocenters. The van der Waals surface area contributed by atoms with Crippen LogP contribution < -0.4 is 16.4 Å². The second kappa shape index (κ2) is 8.63. The number of carbonyl (C=O) groups excluding carboxylic acids is 2. The zero-order valence-corrected chi connectivity index (χ0v) is 19.4. The number of hydrogen-bond donors (Lipinski definition) is 3. The number of nitrogens with one attached hydrogen (secondary N) is 2. The summed E-state index contributed by atoms with van der Waals surface area (Å²) in [7, 11) is 1.73. The summed E-state index contributed by atoms with van der Waals surface area (Å²) in [5, 5.41) is 10.5. The maximum Gasteiger partial charge on any atom is 0.261 e. The summed E-state index contributed by atoms with van der Waals surface area (Å²) in [4.78, 5) is 25.1. The van der Waals surface area contributed by atoms with Crippen LogP contribution in [0.4, 0.5) is 15.9 Å². The predicted octanol–water partition coefficient (Wildman–Crippen LogP) is 4.09. The van der Waals surface area contributed by atoms with Crippen molar-refractivity contribution in [1.29, 1.82) is 0 Å². The van der Waals surface area contributed by atoms with Crippen molar-refractivity contribution in [3.63, 3.8) is 0 Å². The van der Waals surface area contributed by atoms with Crippen LogP contribution in [-0.4, -0.2) is 28.1 Å². The van der Waals surface area contributed by atoms with Gasteiger partial charge in [0.1, 0.15) is 17.2 Å². The normalized spacial score (nSPS) is 26.3. The second-order valence-electron chi connectivity index (χ2n) is 9.90. The minimum Gasteiger partial charge on any atom is -0.383 e. The van der Waals surface area contributed by atoms with Crippen molar-refractivity contribution < 1.29 is 14.0 Å². The first-order valence-electron chi connectivity index (χ1n) is 11.7. The number of aryl methyl sites for hydroxylation is 1. The number of halogens is 2. The van der Waals surface area contributed by atoms with E-state index >= 15 is 0 Å². The molecule has 2 aromatic rings. The maximum absolute atomic E-state index is 13.5. The summed E-state index contributed by atoms with van der Waals surface area (Å²) in [6.45, 7) is 0.775. The van der Waals surface area contributed by atoms with E-state index in [9.17, 15) is 14.0 Å². The quantitative estimate of drug-likeness (QED) is 0.588. The lowest BCUT2D eigenvalue weighted by atomic mass is 9.93. The lowest BCUT2D eigenvalue weighted by Crippen LogP contribution is -2.29. The fourth-order valence-electron chi connectivity index (χ4n) is 5.71. The molecule has 2 amide bonds. The van der Waals surface area contributed by atoms with Gasteiger partial charge in [-0.05, 0) is 74.5 Å². The van der Waals surface area contributed by atoms with Crippen LogP contribution >= 0.6 is 11.6 Å². The number of fused-ring (bicyclic) bond motifs is 1. The molecule has 3 saturated carbocycles. The number of benzene rings is 1. The number of nitrogens with two attached hydrogens (primary N) is 1. The Balaban J connectivity index is 1.25. The van der Waals surface area contributed by atoms with Crippen molar-refractivity contribution in [3.05, 3.63) is 40.3 Å². The number of carbonyl (C=O) groups is 2. The summed E-state index contributed by atoms with van der Waals surface area (Å²) in [5.41, 5.74) is 7.75. The zero-order chi connectivity index (χ0) is 23.3. The first kappa shape index (κ1) is 22.2. The first-order valence-corrected chi connectivity index (χ1v) is 12.0. The summed E-state index contributed by atoms with van der Waals surface area (Å²) in [6, 6.07) is 4.06. The molecule has 0 saturated heterocycles. The highest BCUT2D eigenvalue weighted by atomic mass is 35.5. The van der Waals surface area contributed by atoms with Gasteiger partial charge in [0.25, 0.3) is 5.91 Å². The van der Waals surface area contributed by atoms with Crippen LogP contribution in [0.3, 0.4) is 0 Å². The van der Waals surface area contributed by atoms with Crippen molar-refractivity contribution in [1.82, 2.24) is 15.1 Å². The largest absolute Gasteiger partial charge is 0.383 e. The van der Waals surface area contributed by atoms with Gasteiger partial charge in [0.2, 0.25) is 5.91 Å². The second-order valence-corrected chi connectivity index (χ2v) is 10.3. The molecule has 1 heterocycles. The SMILES string of the molecule is Cn1nc(C2CC3CC(CNC(=O)C4CC4)CC3C2)c(C(=O)Nc2ccc(F)c(Cl)c2)c1N. The van der Waals surface area contributed by atoms with Gasteiger partial charge < -0.3 is 16.4 Å². The number of nitrogen functional groups attached to an aromatic ring is 1. The van der Waals surface area contributed by atoms with Crippen molar-refractivity contribution in [2.45, 2.75) is 44.4 Å².